The summed E-state index contributed by atoms with van der Waals surface area (Å²) in [5.74, 6) is -0.00452. The lowest BCUT2D eigenvalue weighted by Crippen LogP contribution is -2.56. The van der Waals surface area contributed by atoms with E-state index < -0.39 is 0 Å². The first-order valence-electron chi connectivity index (χ1n) is 12.0. The number of hydrogen-bond acceptors (Lipinski definition) is 3. The lowest BCUT2D eigenvalue weighted by molar-refractivity contribution is 0.0824. The lowest BCUT2D eigenvalue weighted by atomic mass is 10.1. The number of aromatic amines is 1. The van der Waals surface area contributed by atoms with Gasteiger partial charge in [0.15, 0.2) is 0 Å². The molecule has 1 fully saturated rings. The molecule has 0 radical (unpaired) electrons. The molecule has 5 nitrogen and oxygen atoms in total. The maximum absolute atomic E-state index is 13.2. The number of amides is 1. The van der Waals surface area contributed by atoms with E-state index in [-0.39, 0.29) is 24.5 Å². The number of carbonyl (C=O) groups is 1. The van der Waals surface area contributed by atoms with Crippen LogP contribution in [0, 0.1) is 6.92 Å². The second-order valence-electron chi connectivity index (χ2n) is 9.07. The van der Waals surface area contributed by atoms with E-state index in [1.807, 2.05) is 24.3 Å². The molecule has 1 unspecified atom stereocenters. The molecule has 178 valence electrons. The summed E-state index contributed by atoms with van der Waals surface area (Å²) in [6.07, 6.45) is 2.04. The van der Waals surface area contributed by atoms with Crippen molar-refractivity contribution in [3.8, 4) is 0 Å². The van der Waals surface area contributed by atoms with Crippen LogP contribution in [0.2, 0.25) is 0 Å². The minimum atomic E-state index is -0.00452. The van der Waals surface area contributed by atoms with Crippen LogP contribution in [-0.2, 0) is 0 Å². The molecule has 0 aliphatic carbocycles. The van der Waals surface area contributed by atoms with Gasteiger partial charge in [-0.05, 0) is 49.2 Å². The molecule has 0 spiro atoms. The molecule has 5 rings (SSSR count). The van der Waals surface area contributed by atoms with Gasteiger partial charge in [-0.15, -0.1) is 12.4 Å². The maximum Gasteiger partial charge on any atom is 0.252 e. The zero-order chi connectivity index (χ0) is 22.8. The molecule has 34 heavy (non-hydrogen) atoms. The van der Waals surface area contributed by atoms with Gasteiger partial charge in [-0.1, -0.05) is 49.7 Å². The number of aromatic nitrogens is 1. The first-order valence-corrected chi connectivity index (χ1v) is 12.0. The topological polar surface area (TPSA) is 51.4 Å². The van der Waals surface area contributed by atoms with Gasteiger partial charge < -0.3 is 15.2 Å². The van der Waals surface area contributed by atoms with Crippen molar-refractivity contribution in [1.82, 2.24) is 15.2 Å². The van der Waals surface area contributed by atoms with Crippen molar-refractivity contribution < 1.29 is 4.79 Å². The molecule has 1 aliphatic rings. The van der Waals surface area contributed by atoms with Crippen LogP contribution >= 0.6 is 12.4 Å². The molecular formula is C28H33ClN4O. The summed E-state index contributed by atoms with van der Waals surface area (Å²) in [7, 11) is 0. The summed E-state index contributed by atoms with van der Waals surface area (Å²) >= 11 is 0. The van der Waals surface area contributed by atoms with E-state index in [1.165, 1.54) is 16.6 Å². The third-order valence-electron chi connectivity index (χ3n) is 6.75. The Kier molecular flexibility index (Phi) is 7.44. The van der Waals surface area contributed by atoms with Crippen LogP contribution < -0.4 is 10.2 Å². The Bertz CT molecular complexity index is 1280. The summed E-state index contributed by atoms with van der Waals surface area (Å²) in [4.78, 5) is 21.5. The highest BCUT2D eigenvalue weighted by atomic mass is 35.5. The Morgan fingerprint density at radius 3 is 2.47 bits per heavy atom. The summed E-state index contributed by atoms with van der Waals surface area (Å²) in [5.41, 5.74) is 5.38. The third-order valence-corrected chi connectivity index (χ3v) is 6.75. The van der Waals surface area contributed by atoms with Gasteiger partial charge in [-0.2, -0.15) is 0 Å². The monoisotopic (exact) mass is 476 g/mol. The van der Waals surface area contributed by atoms with Crippen LogP contribution in [0.1, 0.15) is 35.7 Å². The number of para-hydroxylation sites is 1. The molecule has 2 heterocycles. The Labute approximate surface area is 207 Å². The number of rotatable bonds is 6. The number of anilines is 1. The van der Waals surface area contributed by atoms with E-state index in [1.54, 1.807) is 0 Å². The fourth-order valence-corrected chi connectivity index (χ4v) is 4.97. The van der Waals surface area contributed by atoms with Crippen molar-refractivity contribution in [2.75, 3.05) is 31.1 Å². The van der Waals surface area contributed by atoms with Gasteiger partial charge in [-0.25, -0.2) is 0 Å². The van der Waals surface area contributed by atoms with Crippen molar-refractivity contribution in [1.29, 1.82) is 0 Å². The van der Waals surface area contributed by atoms with E-state index in [9.17, 15) is 4.79 Å². The molecule has 1 aromatic heterocycles. The van der Waals surface area contributed by atoms with E-state index in [2.05, 4.69) is 76.4 Å². The van der Waals surface area contributed by atoms with Gasteiger partial charge in [0.1, 0.15) is 0 Å². The fraction of sp³-hybridized carbons (Fsp3) is 0.321. The smallest absolute Gasteiger partial charge is 0.252 e. The zero-order valence-corrected chi connectivity index (χ0v) is 20.7. The molecule has 1 saturated heterocycles. The van der Waals surface area contributed by atoms with Crippen molar-refractivity contribution in [3.63, 3.8) is 0 Å². The largest absolute Gasteiger partial charge is 0.369 e. The highest BCUT2D eigenvalue weighted by Gasteiger charge is 2.25. The van der Waals surface area contributed by atoms with Crippen LogP contribution in [-0.4, -0.2) is 48.1 Å². The standard InChI is InChI=1S/C28H32N4O.ClH/c1-3-7-27(32-16-14-31(15-17-32)22-9-6-8-20(2)18-22)30-28(33)21-12-13-24-23-10-4-5-11-25(23)29-26(24)19-21;/h4-6,8-13,18-19,27,29H,3,7,14-17H2,1-2H3,(H,30,33);1H. The van der Waals surface area contributed by atoms with E-state index in [4.69, 9.17) is 0 Å². The van der Waals surface area contributed by atoms with Crippen LogP contribution in [0.15, 0.2) is 66.7 Å². The van der Waals surface area contributed by atoms with Gasteiger partial charge in [0.25, 0.3) is 5.91 Å². The first-order chi connectivity index (χ1) is 16.1. The number of halogens is 1. The number of benzene rings is 3. The molecule has 1 amide bonds. The number of fused-ring (bicyclic) bond motifs is 3. The number of aryl methyl sites for hydroxylation is 1. The van der Waals surface area contributed by atoms with Crippen molar-refractivity contribution in [2.45, 2.75) is 32.9 Å². The highest BCUT2D eigenvalue weighted by Crippen LogP contribution is 2.26. The molecule has 3 aromatic carbocycles. The average molecular weight is 477 g/mol. The van der Waals surface area contributed by atoms with Gasteiger partial charge >= 0.3 is 0 Å². The first kappa shape index (κ1) is 24.1. The number of H-pyrrole nitrogens is 1. The van der Waals surface area contributed by atoms with Gasteiger partial charge in [0, 0.05) is 59.2 Å². The molecule has 0 bridgehead atoms. The molecule has 1 aliphatic heterocycles. The zero-order valence-electron chi connectivity index (χ0n) is 19.9. The van der Waals surface area contributed by atoms with Gasteiger partial charge in [0.2, 0.25) is 0 Å². The molecule has 2 N–H and O–H groups in total. The second-order valence-corrected chi connectivity index (χ2v) is 9.07. The number of piperazine rings is 1. The summed E-state index contributed by atoms with van der Waals surface area (Å²) in [5, 5.41) is 5.66. The minimum absolute atomic E-state index is 0. The predicted molar refractivity (Wildman–Crippen MR) is 144 cm³/mol. The van der Waals surface area contributed by atoms with Crippen molar-refractivity contribution in [2.24, 2.45) is 0 Å². The lowest BCUT2D eigenvalue weighted by Gasteiger charge is -2.40. The summed E-state index contributed by atoms with van der Waals surface area (Å²) in [6, 6.07) is 22.9. The Balaban J connectivity index is 0.00000274. The predicted octanol–water partition coefficient (Wildman–Crippen LogP) is 5.73. The van der Waals surface area contributed by atoms with Crippen LogP contribution in [0.4, 0.5) is 5.69 Å². The van der Waals surface area contributed by atoms with E-state index in [0.29, 0.717) is 5.56 Å². The Morgan fingerprint density at radius 2 is 1.71 bits per heavy atom. The highest BCUT2D eigenvalue weighted by molar-refractivity contribution is 6.09. The third kappa shape index (κ3) is 4.91. The second kappa shape index (κ2) is 10.5. The minimum Gasteiger partial charge on any atom is -0.369 e. The fourth-order valence-electron chi connectivity index (χ4n) is 4.97. The summed E-state index contributed by atoms with van der Waals surface area (Å²) < 4.78 is 0. The molecule has 6 heteroatoms. The Hall–Kier alpha value is -3.02. The number of nitrogens with zero attached hydrogens (tertiary/aromatic N) is 2. The number of hydrogen-bond donors (Lipinski definition) is 2. The van der Waals surface area contributed by atoms with Crippen LogP contribution in [0.3, 0.4) is 0 Å². The number of carbonyl (C=O) groups excluding carboxylic acids is 1. The normalized spacial score (nSPS) is 15.3. The number of nitrogens with one attached hydrogen (secondary N) is 2. The average Bonchev–Trinajstić information content (AvgIpc) is 3.22. The molecule has 4 aromatic rings. The molecular weight excluding hydrogens is 444 g/mol. The van der Waals surface area contributed by atoms with Gasteiger partial charge in [-0.3, -0.25) is 9.69 Å². The SMILES string of the molecule is CCCC(NC(=O)c1ccc2c(c1)[nH]c1ccccc12)N1CCN(c2cccc(C)c2)CC1.Cl. The maximum atomic E-state index is 13.2. The van der Waals surface area contributed by atoms with E-state index in [0.717, 1.165) is 55.4 Å². The van der Waals surface area contributed by atoms with Crippen molar-refractivity contribution in [3.05, 3.63) is 77.9 Å². The molecule has 1 atom stereocenters. The Morgan fingerprint density at radius 1 is 0.941 bits per heavy atom. The van der Waals surface area contributed by atoms with Gasteiger partial charge in [0.05, 0.1) is 6.17 Å². The van der Waals surface area contributed by atoms with Crippen LogP contribution in [0.5, 0.6) is 0 Å². The van der Waals surface area contributed by atoms with Crippen molar-refractivity contribution >= 4 is 45.8 Å². The summed E-state index contributed by atoms with van der Waals surface area (Å²) in [6.45, 7) is 8.15. The van der Waals surface area contributed by atoms with Crippen LogP contribution in [0.25, 0.3) is 21.8 Å². The quantitative estimate of drug-likeness (QED) is 0.373. The van der Waals surface area contributed by atoms with E-state index >= 15 is 0 Å². The molecule has 0 saturated carbocycles.